The second-order valence-corrected chi connectivity index (χ2v) is 6.92. The minimum Gasteiger partial charge on any atom is -0.497 e. The van der Waals surface area contributed by atoms with Crippen LogP contribution in [0, 0.1) is 0 Å². The zero-order valence-corrected chi connectivity index (χ0v) is 15.9. The highest BCUT2D eigenvalue weighted by Gasteiger charge is 2.10. The van der Waals surface area contributed by atoms with Crippen molar-refractivity contribution in [1.29, 1.82) is 0 Å². The average molecular weight is 384 g/mol. The molecule has 2 aromatic carbocycles. The maximum atomic E-state index is 6.24. The van der Waals surface area contributed by atoms with E-state index in [4.69, 9.17) is 10.5 Å². The Hall–Kier alpha value is -4.00. The van der Waals surface area contributed by atoms with Gasteiger partial charge < -0.3 is 25.8 Å². The number of fused-ring (bicyclic) bond motifs is 2. The first-order valence-electron chi connectivity index (χ1n) is 9.29. The number of nitrogens with one attached hydrogen (secondary N) is 3. The molecule has 5 aromatic rings. The van der Waals surface area contributed by atoms with Crippen molar-refractivity contribution in [2.45, 2.75) is 6.42 Å². The summed E-state index contributed by atoms with van der Waals surface area (Å²) in [4.78, 5) is 15.3. The first-order valence-corrected chi connectivity index (χ1v) is 9.29. The standard InChI is InChI=1S/C22H20N6O/c1-29-16-10-19-17(5-7-25-19)20(11-16)27-22-26-12-15(21(23)28-22)9-13-2-3-18-14(8-13)4-6-24-18/h2-8,10-12,24-25H,9H2,1H3,(H3,23,26,27,28). The average Bonchev–Trinajstić information content (AvgIpc) is 3.38. The number of methoxy groups -OCH3 is 1. The molecule has 5 rings (SSSR count). The molecular weight excluding hydrogens is 364 g/mol. The van der Waals surface area contributed by atoms with Gasteiger partial charge in [-0.15, -0.1) is 0 Å². The van der Waals surface area contributed by atoms with Gasteiger partial charge in [-0.3, -0.25) is 0 Å². The van der Waals surface area contributed by atoms with Crippen molar-refractivity contribution in [2.24, 2.45) is 0 Å². The molecule has 5 N–H and O–H groups in total. The highest BCUT2D eigenvalue weighted by atomic mass is 16.5. The Balaban J connectivity index is 1.42. The van der Waals surface area contributed by atoms with Crippen molar-refractivity contribution < 1.29 is 4.74 Å². The van der Waals surface area contributed by atoms with E-state index in [1.54, 1.807) is 13.3 Å². The topological polar surface area (TPSA) is 105 Å². The zero-order valence-electron chi connectivity index (χ0n) is 15.9. The van der Waals surface area contributed by atoms with E-state index < -0.39 is 0 Å². The number of benzene rings is 2. The number of H-pyrrole nitrogens is 2. The summed E-state index contributed by atoms with van der Waals surface area (Å²) >= 11 is 0. The molecule has 0 aliphatic carbocycles. The van der Waals surface area contributed by atoms with Crippen LogP contribution < -0.4 is 15.8 Å². The van der Waals surface area contributed by atoms with Crippen molar-refractivity contribution >= 4 is 39.3 Å². The minimum atomic E-state index is 0.447. The molecule has 7 nitrogen and oxygen atoms in total. The van der Waals surface area contributed by atoms with E-state index in [0.717, 1.165) is 39.0 Å². The summed E-state index contributed by atoms with van der Waals surface area (Å²) < 4.78 is 5.38. The van der Waals surface area contributed by atoms with E-state index in [1.165, 1.54) is 5.39 Å². The zero-order chi connectivity index (χ0) is 19.8. The van der Waals surface area contributed by atoms with Gasteiger partial charge in [0.25, 0.3) is 0 Å². The van der Waals surface area contributed by atoms with Crippen molar-refractivity contribution in [3.63, 3.8) is 0 Å². The van der Waals surface area contributed by atoms with Crippen molar-refractivity contribution in [2.75, 3.05) is 18.2 Å². The van der Waals surface area contributed by atoms with Crippen LogP contribution in [0.3, 0.4) is 0 Å². The molecule has 0 fully saturated rings. The van der Waals surface area contributed by atoms with E-state index >= 15 is 0 Å². The molecule has 0 bridgehead atoms. The van der Waals surface area contributed by atoms with E-state index in [2.05, 4.69) is 49.5 Å². The Labute approximate surface area is 166 Å². The van der Waals surface area contributed by atoms with Crippen molar-refractivity contribution in [1.82, 2.24) is 19.9 Å². The summed E-state index contributed by atoms with van der Waals surface area (Å²) in [5, 5.41) is 5.45. The number of aromatic amines is 2. The lowest BCUT2D eigenvalue weighted by atomic mass is 10.1. The van der Waals surface area contributed by atoms with Gasteiger partial charge in [-0.05, 0) is 35.2 Å². The van der Waals surface area contributed by atoms with Crippen LogP contribution in [-0.2, 0) is 6.42 Å². The Kier molecular flexibility index (Phi) is 4.05. The number of ether oxygens (including phenoxy) is 1. The minimum absolute atomic E-state index is 0.447. The lowest BCUT2D eigenvalue weighted by molar-refractivity contribution is 0.415. The quantitative estimate of drug-likeness (QED) is 0.360. The summed E-state index contributed by atoms with van der Waals surface area (Å²) in [6, 6.07) is 14.2. The number of aromatic nitrogens is 4. The molecule has 0 spiro atoms. The van der Waals surface area contributed by atoms with Gasteiger partial charge in [0.2, 0.25) is 5.95 Å². The molecule has 0 saturated carbocycles. The third-order valence-corrected chi connectivity index (χ3v) is 5.03. The Morgan fingerprint density at radius 1 is 1.03 bits per heavy atom. The molecule has 7 heteroatoms. The number of nitrogen functional groups attached to an aromatic ring is 1. The summed E-state index contributed by atoms with van der Waals surface area (Å²) in [5.74, 6) is 1.65. The third kappa shape index (κ3) is 3.23. The summed E-state index contributed by atoms with van der Waals surface area (Å²) in [7, 11) is 1.64. The molecule has 0 aliphatic heterocycles. The van der Waals surface area contributed by atoms with Gasteiger partial charge in [-0.1, -0.05) is 6.07 Å². The molecule has 3 aromatic heterocycles. The second kappa shape index (κ2) is 6.87. The van der Waals surface area contributed by atoms with Crippen LogP contribution in [0.5, 0.6) is 5.75 Å². The van der Waals surface area contributed by atoms with Crippen molar-refractivity contribution in [3.8, 4) is 5.75 Å². The predicted octanol–water partition coefficient (Wildman–Crippen LogP) is 4.36. The van der Waals surface area contributed by atoms with Crippen LogP contribution in [0.1, 0.15) is 11.1 Å². The number of nitrogens with zero attached hydrogens (tertiary/aromatic N) is 2. The molecular formula is C22H20N6O. The van der Waals surface area contributed by atoms with Crippen LogP contribution in [0.4, 0.5) is 17.5 Å². The first-order chi connectivity index (χ1) is 14.2. The molecule has 3 heterocycles. The normalized spacial score (nSPS) is 11.2. The molecule has 29 heavy (non-hydrogen) atoms. The fourth-order valence-corrected chi connectivity index (χ4v) is 3.53. The van der Waals surface area contributed by atoms with Gasteiger partial charge in [-0.25, -0.2) is 4.98 Å². The van der Waals surface area contributed by atoms with Gasteiger partial charge in [0.1, 0.15) is 11.6 Å². The molecule has 0 aliphatic rings. The van der Waals surface area contributed by atoms with Gasteiger partial charge in [0.15, 0.2) is 0 Å². The number of hydrogen-bond donors (Lipinski definition) is 4. The van der Waals surface area contributed by atoms with Crippen LogP contribution in [0.15, 0.2) is 61.1 Å². The second-order valence-electron chi connectivity index (χ2n) is 6.92. The summed E-state index contributed by atoms with van der Waals surface area (Å²) in [6.45, 7) is 0. The SMILES string of the molecule is COc1cc(Nc2ncc(Cc3ccc4[nH]ccc4c3)c(N)n2)c2cc[nH]c2c1. The Bertz CT molecular complexity index is 1320. The fourth-order valence-electron chi connectivity index (χ4n) is 3.53. The van der Waals surface area contributed by atoms with Crippen LogP contribution in [0.2, 0.25) is 0 Å². The summed E-state index contributed by atoms with van der Waals surface area (Å²) in [6.07, 6.45) is 6.27. The smallest absolute Gasteiger partial charge is 0.229 e. The fraction of sp³-hybridized carbons (Fsp3) is 0.0909. The number of anilines is 3. The molecule has 0 saturated heterocycles. The lowest BCUT2D eigenvalue weighted by Crippen LogP contribution is -2.05. The third-order valence-electron chi connectivity index (χ3n) is 5.03. The molecule has 0 amide bonds. The first kappa shape index (κ1) is 17.1. The van der Waals surface area contributed by atoms with Gasteiger partial charge >= 0.3 is 0 Å². The van der Waals surface area contributed by atoms with Gasteiger partial charge in [0, 0.05) is 53.6 Å². The van der Waals surface area contributed by atoms with E-state index in [1.807, 2.05) is 30.6 Å². The maximum absolute atomic E-state index is 6.24. The highest BCUT2D eigenvalue weighted by molar-refractivity contribution is 5.94. The summed E-state index contributed by atoms with van der Waals surface area (Å²) in [5.41, 5.74) is 11.2. The highest BCUT2D eigenvalue weighted by Crippen LogP contribution is 2.30. The van der Waals surface area contributed by atoms with Gasteiger partial charge in [0.05, 0.1) is 18.3 Å². The Morgan fingerprint density at radius 3 is 2.76 bits per heavy atom. The largest absolute Gasteiger partial charge is 0.497 e. The number of nitrogens with two attached hydrogens (primary N) is 1. The number of rotatable bonds is 5. The molecule has 0 radical (unpaired) electrons. The Morgan fingerprint density at radius 2 is 1.90 bits per heavy atom. The van der Waals surface area contributed by atoms with E-state index in [9.17, 15) is 0 Å². The van der Waals surface area contributed by atoms with Gasteiger partial charge in [-0.2, -0.15) is 4.98 Å². The van der Waals surface area contributed by atoms with Crippen LogP contribution in [-0.4, -0.2) is 27.0 Å². The van der Waals surface area contributed by atoms with Crippen molar-refractivity contribution in [3.05, 3.63) is 72.2 Å². The molecule has 0 unspecified atom stereocenters. The number of hydrogen-bond acceptors (Lipinski definition) is 5. The lowest BCUT2D eigenvalue weighted by Gasteiger charge is -2.11. The van der Waals surface area contributed by atoms with E-state index in [-0.39, 0.29) is 0 Å². The molecule has 144 valence electrons. The van der Waals surface area contributed by atoms with Crippen LogP contribution >= 0.6 is 0 Å². The predicted molar refractivity (Wildman–Crippen MR) is 116 cm³/mol. The maximum Gasteiger partial charge on any atom is 0.229 e. The van der Waals surface area contributed by atoms with Crippen LogP contribution in [0.25, 0.3) is 21.8 Å². The molecule has 0 atom stereocenters. The monoisotopic (exact) mass is 384 g/mol. The van der Waals surface area contributed by atoms with E-state index in [0.29, 0.717) is 18.2 Å².